The van der Waals surface area contributed by atoms with E-state index in [2.05, 4.69) is 35.5 Å². The van der Waals surface area contributed by atoms with Crippen LogP contribution < -0.4 is 5.32 Å². The van der Waals surface area contributed by atoms with E-state index in [9.17, 15) is 0 Å². The third kappa shape index (κ3) is 3.51. The highest BCUT2D eigenvalue weighted by molar-refractivity contribution is 7.80. The van der Waals surface area contributed by atoms with Crippen LogP contribution in [0.25, 0.3) is 10.8 Å². The third-order valence-electron chi connectivity index (χ3n) is 3.80. The Morgan fingerprint density at radius 3 is 2.74 bits per heavy atom. The fourth-order valence-electron chi connectivity index (χ4n) is 2.52. The maximum atomic E-state index is 5.54. The fraction of sp³-hybridized carbons (Fsp3) is 0.222. The van der Waals surface area contributed by atoms with Crippen molar-refractivity contribution >= 4 is 33.8 Å². The van der Waals surface area contributed by atoms with Crippen LogP contribution in [0.5, 0.6) is 0 Å². The topological polar surface area (TPSA) is 33.1 Å². The molecule has 3 rings (SSSR count). The molecule has 0 aliphatic carbocycles. The van der Waals surface area contributed by atoms with Gasteiger partial charge in [-0.05, 0) is 36.7 Å². The lowest BCUT2D eigenvalue weighted by Gasteiger charge is -2.20. The number of hydrogen-bond acceptors (Lipinski definition) is 2. The van der Waals surface area contributed by atoms with Gasteiger partial charge < -0.3 is 10.2 Å². The Labute approximate surface area is 141 Å². The summed E-state index contributed by atoms with van der Waals surface area (Å²) in [6.07, 6.45) is 1.99. The molecule has 118 valence electrons. The fourth-order valence-corrected chi connectivity index (χ4v) is 2.70. The Hall–Kier alpha value is -2.40. The van der Waals surface area contributed by atoms with Crippen LogP contribution in [0.4, 0.5) is 5.69 Å². The molecule has 0 spiro atoms. The Morgan fingerprint density at radius 2 is 1.96 bits per heavy atom. The van der Waals surface area contributed by atoms with Crippen molar-refractivity contribution in [3.8, 4) is 0 Å². The second-order valence-corrected chi connectivity index (χ2v) is 5.86. The predicted octanol–water partition coefficient (Wildman–Crippen LogP) is 3.89. The van der Waals surface area contributed by atoms with Gasteiger partial charge in [-0.1, -0.05) is 36.4 Å². The van der Waals surface area contributed by atoms with Crippen LogP contribution in [0.1, 0.15) is 12.6 Å². The minimum Gasteiger partial charge on any atom is -0.346 e. The van der Waals surface area contributed by atoms with Gasteiger partial charge in [0.1, 0.15) is 0 Å². The summed E-state index contributed by atoms with van der Waals surface area (Å²) in [5, 5.41) is 10.9. The molecule has 1 aromatic heterocycles. The molecular formula is C18H20N4S. The Bertz CT molecular complexity index is 819. The van der Waals surface area contributed by atoms with Crippen molar-refractivity contribution in [2.24, 2.45) is 0 Å². The molecule has 0 unspecified atom stereocenters. The first-order valence-corrected chi connectivity index (χ1v) is 8.10. The zero-order valence-corrected chi connectivity index (χ0v) is 14.2. The quantitative estimate of drug-likeness (QED) is 0.738. The molecule has 3 aromatic rings. The van der Waals surface area contributed by atoms with Crippen LogP contribution in [0.2, 0.25) is 0 Å². The van der Waals surface area contributed by atoms with E-state index in [1.54, 1.807) is 0 Å². The normalized spacial score (nSPS) is 10.7. The monoisotopic (exact) mass is 324 g/mol. The molecule has 0 bridgehead atoms. The largest absolute Gasteiger partial charge is 0.346 e. The van der Waals surface area contributed by atoms with E-state index in [1.807, 2.05) is 53.2 Å². The van der Waals surface area contributed by atoms with Gasteiger partial charge >= 0.3 is 0 Å². The molecule has 0 radical (unpaired) electrons. The zero-order chi connectivity index (χ0) is 16.2. The van der Waals surface area contributed by atoms with Crippen molar-refractivity contribution in [3.63, 3.8) is 0 Å². The molecule has 1 N–H and O–H groups in total. The number of aryl methyl sites for hydroxylation is 1. The lowest BCUT2D eigenvalue weighted by Crippen LogP contribution is -2.30. The predicted molar refractivity (Wildman–Crippen MR) is 99.5 cm³/mol. The van der Waals surface area contributed by atoms with Crippen LogP contribution in [-0.4, -0.2) is 26.8 Å². The van der Waals surface area contributed by atoms with E-state index in [4.69, 9.17) is 12.2 Å². The van der Waals surface area contributed by atoms with Crippen molar-refractivity contribution in [3.05, 3.63) is 60.4 Å². The highest BCUT2D eigenvalue weighted by atomic mass is 32.1. The van der Waals surface area contributed by atoms with E-state index < -0.39 is 0 Å². The van der Waals surface area contributed by atoms with Gasteiger partial charge in [0, 0.05) is 30.9 Å². The Morgan fingerprint density at radius 1 is 1.17 bits per heavy atom. The molecule has 0 saturated carbocycles. The van der Waals surface area contributed by atoms with Gasteiger partial charge in [-0.3, -0.25) is 4.68 Å². The number of nitrogens with one attached hydrogen (secondary N) is 1. The van der Waals surface area contributed by atoms with Crippen LogP contribution in [-0.2, 0) is 13.1 Å². The van der Waals surface area contributed by atoms with E-state index in [0.29, 0.717) is 11.7 Å². The van der Waals surface area contributed by atoms with Gasteiger partial charge in [-0.25, -0.2) is 0 Å². The number of benzene rings is 2. The lowest BCUT2D eigenvalue weighted by atomic mass is 10.1. The molecular weight excluding hydrogens is 304 g/mol. The number of hydrogen-bond donors (Lipinski definition) is 1. The summed E-state index contributed by atoms with van der Waals surface area (Å²) in [5.74, 6) is 0. The van der Waals surface area contributed by atoms with Gasteiger partial charge in [0.05, 0.1) is 12.2 Å². The number of nitrogens with zero attached hydrogens (tertiary/aromatic N) is 3. The smallest absolute Gasteiger partial charge is 0.173 e. The van der Waals surface area contributed by atoms with Crippen molar-refractivity contribution in [2.45, 2.75) is 20.0 Å². The van der Waals surface area contributed by atoms with Crippen molar-refractivity contribution in [1.82, 2.24) is 14.7 Å². The highest BCUT2D eigenvalue weighted by Crippen LogP contribution is 2.23. The van der Waals surface area contributed by atoms with Gasteiger partial charge in [0.15, 0.2) is 5.11 Å². The maximum absolute atomic E-state index is 5.54. The summed E-state index contributed by atoms with van der Waals surface area (Å²) >= 11 is 5.54. The number of fused-ring (bicyclic) bond motifs is 1. The molecule has 0 amide bonds. The van der Waals surface area contributed by atoms with Crippen molar-refractivity contribution < 1.29 is 0 Å². The van der Waals surface area contributed by atoms with Crippen molar-refractivity contribution in [2.75, 3.05) is 12.4 Å². The third-order valence-corrected chi connectivity index (χ3v) is 4.21. The van der Waals surface area contributed by atoms with Crippen LogP contribution in [0.3, 0.4) is 0 Å². The van der Waals surface area contributed by atoms with Gasteiger partial charge in [0.2, 0.25) is 0 Å². The van der Waals surface area contributed by atoms with E-state index in [1.165, 1.54) is 10.8 Å². The molecule has 0 atom stereocenters. The van der Waals surface area contributed by atoms with Crippen LogP contribution in [0.15, 0.2) is 54.7 Å². The SMILES string of the molecule is CCn1ccc(CN(C)C(=S)Nc2cccc3ccccc23)n1. The van der Waals surface area contributed by atoms with Gasteiger partial charge in [0.25, 0.3) is 0 Å². The number of thiocarbonyl (C=S) groups is 1. The first-order valence-electron chi connectivity index (χ1n) is 7.69. The summed E-state index contributed by atoms with van der Waals surface area (Å²) in [6, 6.07) is 16.5. The van der Waals surface area contributed by atoms with Gasteiger partial charge in [-0.15, -0.1) is 0 Å². The highest BCUT2D eigenvalue weighted by Gasteiger charge is 2.09. The van der Waals surface area contributed by atoms with Gasteiger partial charge in [-0.2, -0.15) is 5.10 Å². The molecule has 1 heterocycles. The zero-order valence-electron chi connectivity index (χ0n) is 13.4. The first kappa shape index (κ1) is 15.5. The van der Waals surface area contributed by atoms with Crippen LogP contribution in [0, 0.1) is 0 Å². The maximum Gasteiger partial charge on any atom is 0.173 e. The lowest BCUT2D eigenvalue weighted by molar-refractivity contribution is 0.492. The Kier molecular flexibility index (Phi) is 4.57. The second kappa shape index (κ2) is 6.79. The molecule has 0 aliphatic rings. The summed E-state index contributed by atoms with van der Waals surface area (Å²) in [5.41, 5.74) is 2.04. The van der Waals surface area contributed by atoms with Crippen LogP contribution >= 0.6 is 12.2 Å². The summed E-state index contributed by atoms with van der Waals surface area (Å²) in [7, 11) is 1.98. The molecule has 0 saturated heterocycles. The molecule has 2 aromatic carbocycles. The molecule has 0 aliphatic heterocycles. The average molecular weight is 324 g/mol. The van der Waals surface area contributed by atoms with E-state index >= 15 is 0 Å². The minimum absolute atomic E-state index is 0.684. The molecule has 4 nitrogen and oxygen atoms in total. The van der Waals surface area contributed by atoms with E-state index in [0.717, 1.165) is 17.9 Å². The molecule has 5 heteroatoms. The number of anilines is 1. The summed E-state index contributed by atoms with van der Waals surface area (Å²) in [4.78, 5) is 2.00. The molecule has 23 heavy (non-hydrogen) atoms. The minimum atomic E-state index is 0.684. The second-order valence-electron chi connectivity index (χ2n) is 5.48. The number of rotatable bonds is 4. The summed E-state index contributed by atoms with van der Waals surface area (Å²) in [6.45, 7) is 3.64. The average Bonchev–Trinajstić information content (AvgIpc) is 3.02. The standard InChI is InChI=1S/C18H20N4S/c1-3-22-12-11-15(20-22)13-21(2)18(23)19-17-10-6-8-14-7-4-5-9-16(14)17/h4-12H,3,13H2,1-2H3,(H,19,23). The van der Waals surface area contributed by atoms with Crippen molar-refractivity contribution in [1.29, 1.82) is 0 Å². The number of aromatic nitrogens is 2. The summed E-state index contributed by atoms with van der Waals surface area (Å²) < 4.78 is 1.92. The first-order chi connectivity index (χ1) is 11.2. The Balaban J connectivity index is 1.72. The van der Waals surface area contributed by atoms with E-state index in [-0.39, 0.29) is 0 Å². The molecule has 0 fully saturated rings.